The molecule has 0 aromatic carbocycles. The van der Waals surface area contributed by atoms with Crippen molar-refractivity contribution in [2.45, 2.75) is 258 Å². The summed E-state index contributed by atoms with van der Waals surface area (Å²) < 4.78 is 17.4. The summed E-state index contributed by atoms with van der Waals surface area (Å²) >= 11 is 0. The fourth-order valence-corrected chi connectivity index (χ4v) is 7.16. The SMILES string of the molecule is CC/C=C\C/C=C\C/C=C\CCCCCCOCC(COC(=O)CCCCCCCCC/C=C\CCCCCCCC)OC(=O)CCCCCCC/C=C\CCCCCC. The molecule has 0 aromatic heterocycles. The summed E-state index contributed by atoms with van der Waals surface area (Å²) in [6.45, 7) is 7.65. The first-order valence-electron chi connectivity index (χ1n) is 25.8. The Morgan fingerprint density at radius 3 is 1.23 bits per heavy atom. The highest BCUT2D eigenvalue weighted by Crippen LogP contribution is 2.14. The summed E-state index contributed by atoms with van der Waals surface area (Å²) in [6.07, 6.45) is 63.7. The molecule has 0 bridgehead atoms. The molecule has 0 fully saturated rings. The molecule has 0 N–H and O–H groups in total. The number of allylic oxidation sites excluding steroid dienone is 10. The summed E-state index contributed by atoms with van der Waals surface area (Å²) in [5.41, 5.74) is 0. The van der Waals surface area contributed by atoms with Crippen LogP contribution in [0.2, 0.25) is 0 Å². The van der Waals surface area contributed by atoms with E-state index >= 15 is 0 Å². The van der Waals surface area contributed by atoms with E-state index in [0.717, 1.165) is 83.5 Å². The summed E-state index contributed by atoms with van der Waals surface area (Å²) in [5, 5.41) is 0. The average Bonchev–Trinajstić information content (AvgIpc) is 3.25. The largest absolute Gasteiger partial charge is 0.462 e. The van der Waals surface area contributed by atoms with Crippen molar-refractivity contribution >= 4 is 11.9 Å². The fourth-order valence-electron chi connectivity index (χ4n) is 7.16. The molecule has 0 heterocycles. The second-order valence-electron chi connectivity index (χ2n) is 17.0. The second kappa shape index (κ2) is 51.0. The molecule has 5 nitrogen and oxygen atoms in total. The van der Waals surface area contributed by atoms with Gasteiger partial charge in [0, 0.05) is 19.4 Å². The smallest absolute Gasteiger partial charge is 0.306 e. The summed E-state index contributed by atoms with van der Waals surface area (Å²) in [5.74, 6) is -0.420. The maximum atomic E-state index is 12.8. The zero-order valence-corrected chi connectivity index (χ0v) is 40.0. The van der Waals surface area contributed by atoms with Gasteiger partial charge in [-0.25, -0.2) is 0 Å². The highest BCUT2D eigenvalue weighted by atomic mass is 16.6. The van der Waals surface area contributed by atoms with Gasteiger partial charge in [-0.2, -0.15) is 0 Å². The Bertz CT molecular complexity index is 1040. The van der Waals surface area contributed by atoms with Gasteiger partial charge in [-0.05, 0) is 103 Å². The molecular formula is C55H98O5. The molecule has 0 aliphatic carbocycles. The van der Waals surface area contributed by atoms with Gasteiger partial charge in [-0.15, -0.1) is 0 Å². The number of carbonyl (C=O) groups excluding carboxylic acids is 2. The predicted molar refractivity (Wildman–Crippen MR) is 261 cm³/mol. The number of esters is 2. The highest BCUT2D eigenvalue weighted by Gasteiger charge is 2.17. The van der Waals surface area contributed by atoms with Gasteiger partial charge in [-0.1, -0.05) is 197 Å². The number of carbonyl (C=O) groups is 2. The lowest BCUT2D eigenvalue weighted by Gasteiger charge is -2.18. The predicted octanol–water partition coefficient (Wildman–Crippen LogP) is 17.3. The molecule has 0 aliphatic heterocycles. The zero-order chi connectivity index (χ0) is 43.5. The summed E-state index contributed by atoms with van der Waals surface area (Å²) in [7, 11) is 0. The van der Waals surface area contributed by atoms with Crippen molar-refractivity contribution in [3.63, 3.8) is 0 Å². The van der Waals surface area contributed by atoms with E-state index in [-0.39, 0.29) is 25.2 Å². The third-order valence-electron chi connectivity index (χ3n) is 11.0. The molecule has 0 saturated heterocycles. The molecule has 348 valence electrons. The molecule has 0 saturated carbocycles. The maximum Gasteiger partial charge on any atom is 0.306 e. The van der Waals surface area contributed by atoms with Gasteiger partial charge in [0.05, 0.1) is 6.61 Å². The minimum Gasteiger partial charge on any atom is -0.462 e. The van der Waals surface area contributed by atoms with Crippen molar-refractivity contribution in [2.75, 3.05) is 19.8 Å². The molecule has 1 atom stereocenters. The second-order valence-corrected chi connectivity index (χ2v) is 17.0. The quantitative estimate of drug-likeness (QED) is 0.0347. The third kappa shape index (κ3) is 48.3. The molecule has 1 unspecified atom stereocenters. The molecule has 0 radical (unpaired) electrons. The van der Waals surface area contributed by atoms with E-state index in [9.17, 15) is 9.59 Å². The van der Waals surface area contributed by atoms with Crippen molar-refractivity contribution in [3.8, 4) is 0 Å². The number of unbranched alkanes of at least 4 members (excludes halogenated alkanes) is 26. The Balaban J connectivity index is 4.29. The van der Waals surface area contributed by atoms with Crippen molar-refractivity contribution in [1.82, 2.24) is 0 Å². The van der Waals surface area contributed by atoms with Gasteiger partial charge in [-0.3, -0.25) is 9.59 Å². The number of ether oxygens (including phenoxy) is 3. The fraction of sp³-hybridized carbons (Fsp3) is 0.782. The first kappa shape index (κ1) is 57.6. The lowest BCUT2D eigenvalue weighted by atomic mass is 10.1. The van der Waals surface area contributed by atoms with Crippen LogP contribution in [0, 0.1) is 0 Å². The number of hydrogen-bond donors (Lipinski definition) is 0. The number of hydrogen-bond acceptors (Lipinski definition) is 5. The van der Waals surface area contributed by atoms with Crippen LogP contribution >= 0.6 is 0 Å². The molecule has 0 aliphatic rings. The van der Waals surface area contributed by atoms with Crippen molar-refractivity contribution < 1.29 is 23.8 Å². The van der Waals surface area contributed by atoms with Crippen molar-refractivity contribution in [1.29, 1.82) is 0 Å². The van der Waals surface area contributed by atoms with Crippen LogP contribution in [-0.4, -0.2) is 37.9 Å². The molecular weight excluding hydrogens is 741 g/mol. The molecule has 0 amide bonds. The van der Waals surface area contributed by atoms with Crippen LogP contribution in [0.5, 0.6) is 0 Å². The van der Waals surface area contributed by atoms with Gasteiger partial charge in [0.2, 0.25) is 0 Å². The van der Waals surface area contributed by atoms with E-state index in [1.165, 1.54) is 135 Å². The van der Waals surface area contributed by atoms with Gasteiger partial charge in [0.1, 0.15) is 6.61 Å². The topological polar surface area (TPSA) is 61.8 Å². The highest BCUT2D eigenvalue weighted by molar-refractivity contribution is 5.70. The molecule has 5 heteroatoms. The zero-order valence-electron chi connectivity index (χ0n) is 40.0. The van der Waals surface area contributed by atoms with E-state index in [1.54, 1.807) is 0 Å². The van der Waals surface area contributed by atoms with Crippen molar-refractivity contribution in [2.24, 2.45) is 0 Å². The first-order chi connectivity index (χ1) is 29.6. The Morgan fingerprint density at radius 2 is 0.750 bits per heavy atom. The molecule has 0 aromatic rings. The standard InChI is InChI=1S/C55H98O5/c1-4-7-10-13-16-19-22-25-27-28-29-31-33-36-39-42-45-48-54(56)59-52-53(51-58-50-47-44-41-38-35-32-26-23-20-17-14-11-8-5-2)60-55(57)49-46-43-40-37-34-30-24-21-18-15-12-9-6-3/h8,11,17,20-21,24-27,32,53H,4-7,9-10,12-16,18-19,22-23,28-31,33-52H2,1-3H3/b11-8-,20-17-,24-21-,27-25-,32-26-. The minimum atomic E-state index is -0.553. The van der Waals surface area contributed by atoms with Gasteiger partial charge < -0.3 is 14.2 Å². The lowest BCUT2D eigenvalue weighted by Crippen LogP contribution is -2.30. The van der Waals surface area contributed by atoms with E-state index in [0.29, 0.717) is 19.4 Å². The molecule has 0 spiro atoms. The van der Waals surface area contributed by atoms with Crippen molar-refractivity contribution in [3.05, 3.63) is 60.8 Å². The Labute approximate surface area is 373 Å². The summed E-state index contributed by atoms with van der Waals surface area (Å²) in [4.78, 5) is 25.4. The van der Waals surface area contributed by atoms with Gasteiger partial charge in [0.25, 0.3) is 0 Å². The van der Waals surface area contributed by atoms with E-state index in [2.05, 4.69) is 81.5 Å². The summed E-state index contributed by atoms with van der Waals surface area (Å²) in [6, 6.07) is 0. The van der Waals surface area contributed by atoms with Crippen LogP contribution in [0.15, 0.2) is 60.8 Å². The van der Waals surface area contributed by atoms with E-state index in [4.69, 9.17) is 14.2 Å². The monoisotopic (exact) mass is 839 g/mol. The maximum absolute atomic E-state index is 12.8. The number of rotatable bonds is 47. The van der Waals surface area contributed by atoms with Crippen LogP contribution < -0.4 is 0 Å². The van der Waals surface area contributed by atoms with Gasteiger partial charge >= 0.3 is 11.9 Å². The normalized spacial score (nSPS) is 12.7. The molecule has 60 heavy (non-hydrogen) atoms. The van der Waals surface area contributed by atoms with Crippen LogP contribution in [0.3, 0.4) is 0 Å². The Hall–Kier alpha value is -2.40. The van der Waals surface area contributed by atoms with E-state index < -0.39 is 6.10 Å². The van der Waals surface area contributed by atoms with Crippen LogP contribution in [-0.2, 0) is 23.8 Å². The third-order valence-corrected chi connectivity index (χ3v) is 11.0. The Morgan fingerprint density at radius 1 is 0.383 bits per heavy atom. The van der Waals surface area contributed by atoms with Crippen LogP contribution in [0.25, 0.3) is 0 Å². The van der Waals surface area contributed by atoms with Crippen LogP contribution in [0.4, 0.5) is 0 Å². The minimum absolute atomic E-state index is 0.0705. The Kier molecular flexibility index (Phi) is 48.9. The van der Waals surface area contributed by atoms with E-state index in [1.807, 2.05) is 0 Å². The van der Waals surface area contributed by atoms with Gasteiger partial charge in [0.15, 0.2) is 6.10 Å². The average molecular weight is 839 g/mol. The molecule has 0 rings (SSSR count). The van der Waals surface area contributed by atoms with Crippen LogP contribution in [0.1, 0.15) is 252 Å². The first-order valence-corrected chi connectivity index (χ1v) is 25.8. The lowest BCUT2D eigenvalue weighted by molar-refractivity contribution is -0.163.